The molecule has 0 radical (unpaired) electrons. The molecule has 0 fully saturated rings. The fourth-order valence-corrected chi connectivity index (χ4v) is 4.09. The van der Waals surface area contributed by atoms with Crippen molar-refractivity contribution >= 4 is 5.97 Å². The number of rotatable bonds is 23. The minimum atomic E-state index is -1.08. The minimum Gasteiger partial charge on any atom is -0.550 e. The highest BCUT2D eigenvalue weighted by molar-refractivity contribution is 5.60. The molecule has 0 aliphatic rings. The lowest BCUT2D eigenvalue weighted by Gasteiger charge is -2.31. The van der Waals surface area contributed by atoms with E-state index < -0.39 is 5.97 Å². The number of carbonyl (C=O) groups is 1. The Kier molecular flexibility index (Phi) is 26.7. The Bertz CT molecular complexity index is 422. The molecule has 0 bridgehead atoms. The molecule has 1 unspecified atom stereocenters. The average Bonchev–Trinajstić information content (AvgIpc) is 2.73. The summed E-state index contributed by atoms with van der Waals surface area (Å²) in [6.45, 7) is 9.71. The first-order chi connectivity index (χ1) is 15.7. The van der Waals surface area contributed by atoms with Gasteiger partial charge in [0.05, 0.1) is 33.9 Å². The fourth-order valence-electron chi connectivity index (χ4n) is 4.09. The van der Waals surface area contributed by atoms with Crippen LogP contribution in [0.2, 0.25) is 0 Å². The number of ether oxygens (including phenoxy) is 1. The summed E-state index contributed by atoms with van der Waals surface area (Å²) in [5.74, 6) is -1.08. The second kappa shape index (κ2) is 25.7. The van der Waals surface area contributed by atoms with Crippen molar-refractivity contribution in [3.63, 3.8) is 0 Å². The maximum Gasteiger partial charge on any atom is 0.126 e. The van der Waals surface area contributed by atoms with Crippen molar-refractivity contribution in [2.75, 3.05) is 40.4 Å². The topological polar surface area (TPSA) is 69.6 Å². The predicted molar refractivity (Wildman–Crippen MR) is 139 cm³/mol. The van der Waals surface area contributed by atoms with E-state index in [1.165, 1.54) is 103 Å². The van der Waals surface area contributed by atoms with E-state index >= 15 is 0 Å². The number of hydrogen-bond acceptors (Lipinski definition) is 4. The SMILES string of the molecule is C=CCOCC(O)C[N+](C)(C)CCCCCCCCCCCCCCCCCC.CC(=O)[O-]. The molecule has 5 heteroatoms. The number of quaternary nitrogens is 1. The molecule has 0 saturated heterocycles. The van der Waals surface area contributed by atoms with Crippen LogP contribution in [-0.4, -0.2) is 62.1 Å². The summed E-state index contributed by atoms with van der Waals surface area (Å²) in [5, 5.41) is 19.0. The molecule has 0 rings (SSSR count). The molecule has 198 valence electrons. The Labute approximate surface area is 206 Å². The van der Waals surface area contributed by atoms with Gasteiger partial charge in [-0.1, -0.05) is 103 Å². The third-order valence-electron chi connectivity index (χ3n) is 5.87. The standard InChI is InChI=1S/C26H54NO2.C2H4O2/c1-5-7-8-9-10-11-12-13-14-15-16-17-18-19-20-21-22-27(3,4)24-26(28)25-29-23-6-2;1-2(3)4/h6,26,28H,2,5,7-25H2,1,3-4H3;1H3,(H,3,4)/q+1;/p-1. The molecule has 0 aliphatic carbocycles. The summed E-state index contributed by atoms with van der Waals surface area (Å²) in [7, 11) is 4.42. The predicted octanol–water partition coefficient (Wildman–Crippen LogP) is 5.64. The van der Waals surface area contributed by atoms with Crippen molar-refractivity contribution in [3.8, 4) is 0 Å². The maximum absolute atomic E-state index is 10.1. The van der Waals surface area contributed by atoms with Gasteiger partial charge in [0.1, 0.15) is 12.6 Å². The third kappa shape index (κ3) is 33.3. The molecule has 0 aromatic heterocycles. The molecule has 1 N–H and O–H groups in total. The molecule has 1 atom stereocenters. The van der Waals surface area contributed by atoms with Gasteiger partial charge in [-0.3, -0.25) is 0 Å². The van der Waals surface area contributed by atoms with Crippen LogP contribution >= 0.6 is 0 Å². The van der Waals surface area contributed by atoms with Crippen LogP contribution in [-0.2, 0) is 9.53 Å². The summed E-state index contributed by atoms with van der Waals surface area (Å²) in [6.07, 6.45) is 23.9. The number of carboxylic acid groups (broad SMARTS) is 1. The largest absolute Gasteiger partial charge is 0.550 e. The fraction of sp³-hybridized carbons (Fsp3) is 0.893. The molecule has 0 amide bonds. The monoisotopic (exact) mass is 471 g/mol. The van der Waals surface area contributed by atoms with Crippen LogP contribution in [0.3, 0.4) is 0 Å². The second-order valence-corrected chi connectivity index (χ2v) is 10.1. The quantitative estimate of drug-likeness (QED) is 0.119. The first kappa shape index (κ1) is 34.3. The van der Waals surface area contributed by atoms with Crippen LogP contribution in [0.15, 0.2) is 12.7 Å². The van der Waals surface area contributed by atoms with Crippen molar-refractivity contribution in [2.24, 2.45) is 0 Å². The zero-order valence-corrected chi connectivity index (χ0v) is 22.6. The average molecular weight is 472 g/mol. The van der Waals surface area contributed by atoms with Gasteiger partial charge in [0.15, 0.2) is 0 Å². The number of nitrogens with zero attached hydrogens (tertiary/aromatic N) is 1. The van der Waals surface area contributed by atoms with Crippen molar-refractivity contribution in [3.05, 3.63) is 12.7 Å². The normalized spacial score (nSPS) is 12.2. The molecule has 0 heterocycles. The van der Waals surface area contributed by atoms with Crippen LogP contribution < -0.4 is 5.11 Å². The highest BCUT2D eigenvalue weighted by Gasteiger charge is 2.20. The van der Waals surface area contributed by atoms with Gasteiger partial charge in [-0.05, 0) is 19.8 Å². The highest BCUT2D eigenvalue weighted by Crippen LogP contribution is 2.14. The lowest BCUT2D eigenvalue weighted by Crippen LogP contribution is -2.47. The van der Waals surface area contributed by atoms with Gasteiger partial charge in [0, 0.05) is 5.97 Å². The molecular weight excluding hydrogens is 414 g/mol. The Morgan fingerprint density at radius 2 is 1.24 bits per heavy atom. The maximum atomic E-state index is 10.1. The van der Waals surface area contributed by atoms with E-state index in [0.29, 0.717) is 13.2 Å². The van der Waals surface area contributed by atoms with E-state index in [0.717, 1.165) is 24.5 Å². The lowest BCUT2D eigenvalue weighted by molar-refractivity contribution is -0.893. The summed E-state index contributed by atoms with van der Waals surface area (Å²) >= 11 is 0. The van der Waals surface area contributed by atoms with Crippen molar-refractivity contribution in [1.82, 2.24) is 0 Å². The molecule has 0 aromatic rings. The second-order valence-electron chi connectivity index (χ2n) is 10.1. The van der Waals surface area contributed by atoms with Crippen LogP contribution in [0.25, 0.3) is 0 Å². The summed E-state index contributed by atoms with van der Waals surface area (Å²) in [5.41, 5.74) is 0. The van der Waals surface area contributed by atoms with Gasteiger partial charge in [-0.15, -0.1) is 6.58 Å². The van der Waals surface area contributed by atoms with Crippen molar-refractivity contribution < 1.29 is 24.2 Å². The summed E-state index contributed by atoms with van der Waals surface area (Å²) in [4.78, 5) is 8.89. The van der Waals surface area contributed by atoms with E-state index in [2.05, 4.69) is 27.6 Å². The van der Waals surface area contributed by atoms with Gasteiger partial charge in [0.2, 0.25) is 0 Å². The summed E-state index contributed by atoms with van der Waals surface area (Å²) in [6, 6.07) is 0. The van der Waals surface area contributed by atoms with Crippen LogP contribution in [0.5, 0.6) is 0 Å². The Morgan fingerprint density at radius 1 is 0.879 bits per heavy atom. The molecule has 0 saturated carbocycles. The number of carbonyl (C=O) groups excluding carboxylic acids is 1. The smallest absolute Gasteiger partial charge is 0.126 e. The van der Waals surface area contributed by atoms with E-state index in [4.69, 9.17) is 14.6 Å². The first-order valence-corrected chi connectivity index (χ1v) is 13.6. The number of aliphatic carboxylic acids is 1. The van der Waals surface area contributed by atoms with Crippen LogP contribution in [0.4, 0.5) is 0 Å². The Morgan fingerprint density at radius 3 is 1.61 bits per heavy atom. The number of aliphatic hydroxyl groups is 1. The van der Waals surface area contributed by atoms with Crippen molar-refractivity contribution in [1.29, 1.82) is 0 Å². The van der Waals surface area contributed by atoms with Crippen LogP contribution in [0, 0.1) is 0 Å². The van der Waals surface area contributed by atoms with Gasteiger partial charge in [0.25, 0.3) is 0 Å². The van der Waals surface area contributed by atoms with E-state index in [-0.39, 0.29) is 6.10 Å². The van der Waals surface area contributed by atoms with E-state index in [1.807, 2.05) is 0 Å². The lowest BCUT2D eigenvalue weighted by atomic mass is 10.0. The number of aliphatic hydroxyl groups excluding tert-OH is 1. The van der Waals surface area contributed by atoms with Gasteiger partial charge >= 0.3 is 0 Å². The first-order valence-electron chi connectivity index (χ1n) is 13.6. The molecule has 0 aliphatic heterocycles. The molecule has 33 heavy (non-hydrogen) atoms. The van der Waals surface area contributed by atoms with Crippen molar-refractivity contribution in [2.45, 2.75) is 123 Å². The Hall–Kier alpha value is -0.910. The highest BCUT2D eigenvalue weighted by atomic mass is 16.5. The van der Waals surface area contributed by atoms with E-state index in [9.17, 15) is 5.11 Å². The molecule has 0 aromatic carbocycles. The number of carboxylic acids is 1. The molecule has 5 nitrogen and oxygen atoms in total. The van der Waals surface area contributed by atoms with Gasteiger partial charge in [-0.2, -0.15) is 0 Å². The minimum absolute atomic E-state index is 0.383. The van der Waals surface area contributed by atoms with Crippen LogP contribution in [0.1, 0.15) is 117 Å². The van der Waals surface area contributed by atoms with E-state index in [1.54, 1.807) is 6.08 Å². The molecular formula is C28H57NO4. The van der Waals surface area contributed by atoms with Gasteiger partial charge in [-0.25, -0.2) is 0 Å². The summed E-state index contributed by atoms with van der Waals surface area (Å²) < 4.78 is 6.22. The molecule has 0 spiro atoms. The Balaban J connectivity index is 0. The zero-order valence-electron chi connectivity index (χ0n) is 22.6. The zero-order chi connectivity index (χ0) is 25.2. The number of hydrogen-bond donors (Lipinski definition) is 1. The number of likely N-dealkylation sites (N-methyl/N-ethyl adjacent to an activating group) is 1. The van der Waals surface area contributed by atoms with Gasteiger partial charge < -0.3 is 24.2 Å². The number of unbranched alkanes of at least 4 members (excludes halogenated alkanes) is 15. The third-order valence-corrected chi connectivity index (χ3v) is 5.87.